The molecule has 1 aromatic carbocycles. The Bertz CT molecular complexity index is 1180. The minimum absolute atomic E-state index is 0.120. The molecular weight excluding hydrogens is 456 g/mol. The monoisotopic (exact) mass is 488 g/mol. The maximum Gasteiger partial charge on any atom is 0.338 e. The molecule has 0 radical (unpaired) electrons. The molecule has 1 spiro atoms. The summed E-state index contributed by atoms with van der Waals surface area (Å²) in [6.07, 6.45) is 4.19. The van der Waals surface area contributed by atoms with Gasteiger partial charge in [0.25, 0.3) is 0 Å². The van der Waals surface area contributed by atoms with Gasteiger partial charge in [0.15, 0.2) is 0 Å². The highest BCUT2D eigenvalue weighted by Crippen LogP contribution is 2.39. The third kappa shape index (κ3) is 5.18. The lowest BCUT2D eigenvalue weighted by Crippen LogP contribution is -2.38. The number of carbonyl (C=O) groups is 1. The Kier molecular flexibility index (Phi) is 7.11. The fraction of sp³-hybridized carbons (Fsp3) is 0.500. The first-order valence-corrected chi connectivity index (χ1v) is 13.2. The zero-order valence-corrected chi connectivity index (χ0v) is 20.3. The summed E-state index contributed by atoms with van der Waals surface area (Å²) >= 11 is 0. The molecule has 0 aliphatic carbocycles. The molecule has 2 aliphatic heterocycles. The van der Waals surface area contributed by atoms with Crippen LogP contribution in [0.5, 0.6) is 0 Å². The molecule has 0 amide bonds. The van der Waals surface area contributed by atoms with Crippen LogP contribution in [-0.4, -0.2) is 50.5 Å². The van der Waals surface area contributed by atoms with Crippen LogP contribution in [0.2, 0.25) is 0 Å². The van der Waals surface area contributed by atoms with Crippen LogP contribution < -0.4 is 10.5 Å². The summed E-state index contributed by atoms with van der Waals surface area (Å²) in [4.78, 5) is 12.3. The third-order valence-electron chi connectivity index (χ3n) is 6.69. The number of sulfonamides is 1. The summed E-state index contributed by atoms with van der Waals surface area (Å²) in [6, 6.07) is 5.55. The van der Waals surface area contributed by atoms with E-state index in [1.54, 1.807) is 0 Å². The van der Waals surface area contributed by atoms with Crippen LogP contribution in [-0.2, 0) is 38.9 Å². The van der Waals surface area contributed by atoms with E-state index in [4.69, 9.17) is 19.7 Å². The van der Waals surface area contributed by atoms with Gasteiger partial charge in [-0.25, -0.2) is 18.4 Å². The van der Waals surface area contributed by atoms with Crippen molar-refractivity contribution in [3.63, 3.8) is 0 Å². The van der Waals surface area contributed by atoms with Gasteiger partial charge in [-0.1, -0.05) is 12.6 Å². The van der Waals surface area contributed by atoms with E-state index in [2.05, 4.69) is 18.8 Å². The molecule has 1 saturated heterocycles. The van der Waals surface area contributed by atoms with Crippen LogP contribution in [0.1, 0.15) is 53.5 Å². The van der Waals surface area contributed by atoms with Crippen LogP contribution >= 0.6 is 0 Å². The summed E-state index contributed by atoms with van der Waals surface area (Å²) < 4.78 is 36.1. The predicted octanol–water partition coefficient (Wildman–Crippen LogP) is 2.25. The van der Waals surface area contributed by atoms with Crippen molar-refractivity contribution in [1.29, 1.82) is 0 Å². The molecule has 0 unspecified atom stereocenters. The van der Waals surface area contributed by atoms with Gasteiger partial charge in [0.1, 0.15) is 0 Å². The van der Waals surface area contributed by atoms with Crippen molar-refractivity contribution >= 4 is 21.7 Å². The average molecular weight is 489 g/mol. The number of primary sulfonamides is 1. The Balaban J connectivity index is 1.44. The van der Waals surface area contributed by atoms with E-state index in [0.717, 1.165) is 62.7 Å². The highest BCUT2D eigenvalue weighted by Gasteiger charge is 2.38. The molecule has 34 heavy (non-hydrogen) atoms. The first kappa shape index (κ1) is 24.4. The van der Waals surface area contributed by atoms with Gasteiger partial charge in [-0.05, 0) is 62.6 Å². The SMILES string of the molecule is C=C1NCC2(CCOCC2)Cc2c(CCCOC(=O)c3cccc(S(N)(=O)=O)c3)nn(CC)c21. The maximum absolute atomic E-state index is 12.4. The number of nitrogens with one attached hydrogen (secondary N) is 1. The number of rotatable bonds is 7. The van der Waals surface area contributed by atoms with E-state index in [-0.39, 0.29) is 22.5 Å². The predicted molar refractivity (Wildman–Crippen MR) is 128 cm³/mol. The van der Waals surface area contributed by atoms with E-state index >= 15 is 0 Å². The quantitative estimate of drug-likeness (QED) is 0.452. The lowest BCUT2D eigenvalue weighted by molar-refractivity contribution is 0.0173. The van der Waals surface area contributed by atoms with E-state index < -0.39 is 16.0 Å². The van der Waals surface area contributed by atoms with Gasteiger partial charge >= 0.3 is 5.97 Å². The van der Waals surface area contributed by atoms with E-state index in [9.17, 15) is 13.2 Å². The molecule has 1 aromatic heterocycles. The van der Waals surface area contributed by atoms with Crippen molar-refractivity contribution in [2.24, 2.45) is 10.6 Å². The Labute approximate surface area is 200 Å². The number of nitrogens with two attached hydrogens (primary N) is 1. The molecule has 1 fully saturated rings. The summed E-state index contributed by atoms with van der Waals surface area (Å²) in [7, 11) is -3.89. The number of carbonyl (C=O) groups excluding carboxylic acids is 1. The highest BCUT2D eigenvalue weighted by atomic mass is 32.2. The van der Waals surface area contributed by atoms with Crippen LogP contribution in [0, 0.1) is 5.41 Å². The smallest absolute Gasteiger partial charge is 0.338 e. The number of esters is 1. The van der Waals surface area contributed by atoms with Crippen LogP contribution in [0.25, 0.3) is 5.70 Å². The summed E-state index contributed by atoms with van der Waals surface area (Å²) in [6.45, 7) is 9.69. The topological polar surface area (TPSA) is 126 Å². The van der Waals surface area contributed by atoms with Crippen molar-refractivity contribution in [1.82, 2.24) is 15.1 Å². The minimum Gasteiger partial charge on any atom is -0.462 e. The van der Waals surface area contributed by atoms with Crippen molar-refractivity contribution < 1.29 is 22.7 Å². The minimum atomic E-state index is -3.89. The molecule has 0 saturated carbocycles. The van der Waals surface area contributed by atoms with E-state index in [0.29, 0.717) is 12.8 Å². The molecule has 3 N–H and O–H groups in total. The number of hydrogen-bond acceptors (Lipinski definition) is 7. The fourth-order valence-electron chi connectivity index (χ4n) is 4.76. The molecule has 10 heteroatoms. The van der Waals surface area contributed by atoms with Gasteiger partial charge in [-0.2, -0.15) is 5.10 Å². The third-order valence-corrected chi connectivity index (χ3v) is 7.60. The van der Waals surface area contributed by atoms with Crippen LogP contribution in [0.15, 0.2) is 35.7 Å². The normalized spacial score (nSPS) is 17.6. The van der Waals surface area contributed by atoms with Gasteiger partial charge in [0.05, 0.1) is 34.2 Å². The molecule has 2 aliphatic rings. The lowest BCUT2D eigenvalue weighted by Gasteiger charge is -2.36. The van der Waals surface area contributed by atoms with Gasteiger partial charge in [0.2, 0.25) is 10.0 Å². The Morgan fingerprint density at radius 1 is 1.35 bits per heavy atom. The zero-order valence-electron chi connectivity index (χ0n) is 19.5. The number of benzene rings is 1. The number of aromatic nitrogens is 2. The van der Waals surface area contributed by atoms with Gasteiger partial charge in [-0.15, -0.1) is 0 Å². The Morgan fingerprint density at radius 2 is 2.12 bits per heavy atom. The molecule has 2 aromatic rings. The summed E-state index contributed by atoms with van der Waals surface area (Å²) in [5.74, 6) is -0.581. The van der Waals surface area contributed by atoms with E-state index in [1.807, 2.05) is 4.68 Å². The first-order valence-electron chi connectivity index (χ1n) is 11.6. The molecule has 184 valence electrons. The van der Waals surface area contributed by atoms with E-state index in [1.165, 1.54) is 29.8 Å². The van der Waals surface area contributed by atoms with Gasteiger partial charge in [-0.3, -0.25) is 4.68 Å². The Hall–Kier alpha value is -2.69. The maximum atomic E-state index is 12.4. The van der Waals surface area contributed by atoms with Crippen LogP contribution in [0.3, 0.4) is 0 Å². The van der Waals surface area contributed by atoms with Gasteiger partial charge in [0, 0.05) is 31.9 Å². The summed E-state index contributed by atoms with van der Waals surface area (Å²) in [5, 5.41) is 13.5. The standard InChI is InChI=1S/C24H32N4O5S/c1-3-28-22-17(2)26-16-24(9-12-32-13-10-24)15-20(22)21(27-28)8-5-11-33-23(29)18-6-4-7-19(14-18)34(25,30)31/h4,6-7,14,26H,2-3,5,8-13,15-16H2,1H3,(H2,25,30,31). The second-order valence-electron chi connectivity index (χ2n) is 9.02. The molecule has 0 atom stereocenters. The number of ether oxygens (including phenoxy) is 2. The highest BCUT2D eigenvalue weighted by molar-refractivity contribution is 7.89. The number of fused-ring (bicyclic) bond motifs is 1. The lowest BCUT2D eigenvalue weighted by atomic mass is 9.75. The fourth-order valence-corrected chi connectivity index (χ4v) is 5.32. The van der Waals surface area contributed by atoms with Crippen molar-refractivity contribution in [3.05, 3.63) is 53.4 Å². The van der Waals surface area contributed by atoms with Crippen molar-refractivity contribution in [3.8, 4) is 0 Å². The Morgan fingerprint density at radius 3 is 2.82 bits per heavy atom. The molecule has 9 nitrogen and oxygen atoms in total. The van der Waals surface area contributed by atoms with Crippen LogP contribution in [0.4, 0.5) is 0 Å². The average Bonchev–Trinajstić information content (AvgIpc) is 3.10. The first-order chi connectivity index (χ1) is 16.2. The number of aryl methyl sites for hydroxylation is 2. The second kappa shape index (κ2) is 9.89. The van der Waals surface area contributed by atoms with Gasteiger partial charge < -0.3 is 14.8 Å². The molecule has 0 bridgehead atoms. The number of hydrogen-bond donors (Lipinski definition) is 2. The molecule has 3 heterocycles. The summed E-state index contributed by atoms with van der Waals surface area (Å²) in [5.41, 5.74) is 4.49. The van der Waals surface area contributed by atoms with Crippen molar-refractivity contribution in [2.75, 3.05) is 26.4 Å². The number of nitrogens with zero attached hydrogens (tertiary/aromatic N) is 2. The second-order valence-corrected chi connectivity index (χ2v) is 10.6. The molecule has 4 rings (SSSR count). The molecular formula is C24H32N4O5S. The zero-order chi connectivity index (χ0) is 24.3. The largest absolute Gasteiger partial charge is 0.462 e. The van der Waals surface area contributed by atoms with Crippen molar-refractivity contribution in [2.45, 2.75) is 50.5 Å².